The van der Waals surface area contributed by atoms with Gasteiger partial charge in [-0.25, -0.2) is 5.43 Å². The molecule has 8 heteroatoms. The summed E-state index contributed by atoms with van der Waals surface area (Å²) in [6.45, 7) is 1.72. The zero-order valence-corrected chi connectivity index (χ0v) is 17.6. The summed E-state index contributed by atoms with van der Waals surface area (Å²) >= 11 is 7.58. The molecule has 0 unspecified atom stereocenters. The molecule has 0 spiro atoms. The fourth-order valence-corrected chi connectivity index (χ4v) is 3.52. The number of halogens is 1. The molecule has 30 heavy (non-hydrogen) atoms. The Balaban J connectivity index is 1.56. The van der Waals surface area contributed by atoms with E-state index < -0.39 is 4.92 Å². The van der Waals surface area contributed by atoms with E-state index in [4.69, 9.17) is 11.6 Å². The van der Waals surface area contributed by atoms with Crippen molar-refractivity contribution in [3.05, 3.63) is 105 Å². The SMILES string of the molecule is C/C(=N/NC(=O)c1ccc(CSc2ccc(Cl)cc2)cc1)c1ccc([N+](=O)[O-])cc1. The van der Waals surface area contributed by atoms with Gasteiger partial charge in [-0.3, -0.25) is 14.9 Å². The van der Waals surface area contributed by atoms with Gasteiger partial charge in [-0.15, -0.1) is 11.8 Å². The van der Waals surface area contributed by atoms with E-state index in [1.807, 2.05) is 36.4 Å². The van der Waals surface area contributed by atoms with E-state index >= 15 is 0 Å². The average molecular weight is 440 g/mol. The number of rotatable bonds is 7. The van der Waals surface area contributed by atoms with E-state index in [9.17, 15) is 14.9 Å². The molecule has 6 nitrogen and oxygen atoms in total. The number of carbonyl (C=O) groups excluding carboxylic acids is 1. The van der Waals surface area contributed by atoms with Gasteiger partial charge in [-0.1, -0.05) is 23.7 Å². The van der Waals surface area contributed by atoms with Crippen LogP contribution < -0.4 is 5.43 Å². The van der Waals surface area contributed by atoms with Crippen LogP contribution in [0.15, 0.2) is 82.8 Å². The Morgan fingerprint density at radius 3 is 2.20 bits per heavy atom. The quantitative estimate of drug-likeness (QED) is 0.221. The average Bonchev–Trinajstić information content (AvgIpc) is 2.77. The van der Waals surface area contributed by atoms with Crippen LogP contribution in [0.25, 0.3) is 0 Å². The minimum atomic E-state index is -0.463. The van der Waals surface area contributed by atoms with E-state index in [1.54, 1.807) is 43.0 Å². The normalized spacial score (nSPS) is 11.2. The molecule has 1 N–H and O–H groups in total. The van der Waals surface area contributed by atoms with Crippen LogP contribution in [0.1, 0.15) is 28.4 Å². The smallest absolute Gasteiger partial charge is 0.267 e. The van der Waals surface area contributed by atoms with Crippen molar-refractivity contribution in [2.75, 3.05) is 0 Å². The molecule has 0 aromatic heterocycles. The molecule has 3 aromatic carbocycles. The number of hydrogen-bond donors (Lipinski definition) is 1. The Labute approximate surface area is 183 Å². The fraction of sp³-hybridized carbons (Fsp3) is 0.0909. The standard InChI is InChI=1S/C22H18ClN3O3S/c1-15(17-6-10-20(11-7-17)26(28)29)24-25-22(27)18-4-2-16(3-5-18)14-30-21-12-8-19(23)9-13-21/h2-13H,14H2,1H3,(H,25,27)/b24-15-. The molecule has 1 amide bonds. The van der Waals surface area contributed by atoms with Gasteiger partial charge in [0.15, 0.2) is 0 Å². The number of carbonyl (C=O) groups is 1. The first kappa shape index (κ1) is 21.5. The molecule has 3 aromatic rings. The van der Waals surface area contributed by atoms with E-state index in [2.05, 4.69) is 10.5 Å². The highest BCUT2D eigenvalue weighted by Gasteiger charge is 2.08. The number of nitro benzene ring substituents is 1. The summed E-state index contributed by atoms with van der Waals surface area (Å²) in [4.78, 5) is 23.7. The molecule has 0 aliphatic rings. The molecule has 0 saturated carbocycles. The monoisotopic (exact) mass is 439 g/mol. The topological polar surface area (TPSA) is 84.6 Å². The third-order valence-corrected chi connectivity index (χ3v) is 5.59. The molecular weight excluding hydrogens is 422 g/mol. The van der Waals surface area contributed by atoms with E-state index in [0.29, 0.717) is 21.9 Å². The first-order valence-corrected chi connectivity index (χ1v) is 10.4. The summed E-state index contributed by atoms with van der Waals surface area (Å²) in [5.41, 5.74) is 5.35. The number of hydrogen-bond acceptors (Lipinski definition) is 5. The summed E-state index contributed by atoms with van der Waals surface area (Å²) in [7, 11) is 0. The zero-order valence-electron chi connectivity index (χ0n) is 16.0. The Hall–Kier alpha value is -3.16. The molecule has 0 aliphatic heterocycles. The van der Waals surface area contributed by atoms with Crippen LogP contribution in [0.2, 0.25) is 5.02 Å². The van der Waals surface area contributed by atoms with Crippen LogP contribution in [0, 0.1) is 10.1 Å². The first-order valence-electron chi connectivity index (χ1n) is 8.99. The molecule has 0 atom stereocenters. The maximum atomic E-state index is 12.3. The van der Waals surface area contributed by atoms with Crippen molar-refractivity contribution in [3.8, 4) is 0 Å². The summed E-state index contributed by atoms with van der Waals surface area (Å²) in [6.07, 6.45) is 0. The van der Waals surface area contributed by atoms with Gasteiger partial charge in [0.1, 0.15) is 0 Å². The number of amides is 1. The molecule has 152 valence electrons. The van der Waals surface area contributed by atoms with Crippen molar-refractivity contribution in [2.45, 2.75) is 17.6 Å². The van der Waals surface area contributed by atoms with Crippen molar-refractivity contribution < 1.29 is 9.72 Å². The van der Waals surface area contributed by atoms with Crippen LogP contribution in [-0.2, 0) is 5.75 Å². The lowest BCUT2D eigenvalue weighted by molar-refractivity contribution is -0.384. The third kappa shape index (κ3) is 5.92. The highest BCUT2D eigenvalue weighted by molar-refractivity contribution is 7.98. The van der Waals surface area contributed by atoms with E-state index in [1.165, 1.54) is 12.1 Å². The Bertz CT molecular complexity index is 1070. The molecule has 0 saturated heterocycles. The van der Waals surface area contributed by atoms with Crippen molar-refractivity contribution in [2.24, 2.45) is 5.10 Å². The highest BCUT2D eigenvalue weighted by atomic mass is 35.5. The third-order valence-electron chi connectivity index (χ3n) is 4.26. The number of non-ortho nitro benzene ring substituents is 1. The minimum Gasteiger partial charge on any atom is -0.267 e. The second-order valence-corrected chi connectivity index (χ2v) is 7.87. The number of thioether (sulfide) groups is 1. The first-order chi connectivity index (χ1) is 14.4. The summed E-state index contributed by atoms with van der Waals surface area (Å²) in [5, 5.41) is 15.5. The molecule has 0 aliphatic carbocycles. The Kier molecular flexibility index (Phi) is 7.21. The molecule has 3 rings (SSSR count). The summed E-state index contributed by atoms with van der Waals surface area (Å²) < 4.78 is 0. The predicted octanol–water partition coefficient (Wildman–Crippen LogP) is 5.69. The van der Waals surface area contributed by atoms with Gasteiger partial charge in [0.25, 0.3) is 11.6 Å². The van der Waals surface area contributed by atoms with E-state index in [-0.39, 0.29) is 11.6 Å². The number of benzene rings is 3. The molecular formula is C22H18ClN3O3S. The second-order valence-electron chi connectivity index (χ2n) is 6.38. The lowest BCUT2D eigenvalue weighted by Gasteiger charge is -2.05. The predicted molar refractivity (Wildman–Crippen MR) is 120 cm³/mol. The number of nitrogens with one attached hydrogen (secondary N) is 1. The van der Waals surface area contributed by atoms with Gasteiger partial charge in [0.2, 0.25) is 0 Å². The lowest BCUT2D eigenvalue weighted by Crippen LogP contribution is -2.19. The van der Waals surface area contributed by atoms with Gasteiger partial charge in [-0.05, 0) is 66.6 Å². The van der Waals surface area contributed by atoms with Crippen molar-refractivity contribution in [1.82, 2.24) is 5.43 Å². The number of hydrazone groups is 1. The Morgan fingerprint density at radius 1 is 1.00 bits per heavy atom. The second kappa shape index (κ2) is 10.0. The number of nitro groups is 1. The van der Waals surface area contributed by atoms with Crippen LogP contribution in [-0.4, -0.2) is 16.5 Å². The van der Waals surface area contributed by atoms with Crippen molar-refractivity contribution in [1.29, 1.82) is 0 Å². The van der Waals surface area contributed by atoms with Gasteiger partial charge in [-0.2, -0.15) is 5.10 Å². The fourth-order valence-electron chi connectivity index (χ4n) is 2.54. The van der Waals surface area contributed by atoms with Crippen LogP contribution >= 0.6 is 23.4 Å². The van der Waals surface area contributed by atoms with Crippen LogP contribution in [0.3, 0.4) is 0 Å². The van der Waals surface area contributed by atoms with Crippen LogP contribution in [0.5, 0.6) is 0 Å². The zero-order chi connectivity index (χ0) is 21.5. The van der Waals surface area contributed by atoms with Gasteiger partial charge in [0, 0.05) is 33.4 Å². The highest BCUT2D eigenvalue weighted by Crippen LogP contribution is 2.24. The molecule has 0 heterocycles. The maximum absolute atomic E-state index is 12.3. The van der Waals surface area contributed by atoms with Crippen molar-refractivity contribution >= 4 is 40.7 Å². The van der Waals surface area contributed by atoms with E-state index in [0.717, 1.165) is 16.2 Å². The molecule has 0 radical (unpaired) electrons. The summed E-state index contributed by atoms with van der Waals surface area (Å²) in [5.74, 6) is 0.453. The lowest BCUT2D eigenvalue weighted by atomic mass is 10.1. The number of nitrogens with zero attached hydrogens (tertiary/aromatic N) is 2. The van der Waals surface area contributed by atoms with Gasteiger partial charge < -0.3 is 0 Å². The molecule has 0 bridgehead atoms. The largest absolute Gasteiger partial charge is 0.271 e. The van der Waals surface area contributed by atoms with Crippen LogP contribution in [0.4, 0.5) is 5.69 Å². The Morgan fingerprint density at radius 2 is 1.60 bits per heavy atom. The summed E-state index contributed by atoms with van der Waals surface area (Å²) in [6, 6.07) is 21.0. The van der Waals surface area contributed by atoms with Gasteiger partial charge in [0.05, 0.1) is 10.6 Å². The minimum absolute atomic E-state index is 0.00454. The maximum Gasteiger partial charge on any atom is 0.271 e. The van der Waals surface area contributed by atoms with Gasteiger partial charge >= 0.3 is 0 Å². The van der Waals surface area contributed by atoms with Crippen molar-refractivity contribution in [3.63, 3.8) is 0 Å². The molecule has 0 fully saturated rings.